The average molecular weight is 719 g/mol. The highest BCUT2D eigenvalue weighted by atomic mass is 79.9. The van der Waals surface area contributed by atoms with E-state index in [-0.39, 0.29) is 0 Å². The zero-order chi connectivity index (χ0) is 28.8. The molecule has 0 N–H and O–H groups in total. The molecule has 42 heavy (non-hydrogen) atoms. The summed E-state index contributed by atoms with van der Waals surface area (Å²) < 4.78 is 2.65. The van der Waals surface area contributed by atoms with Crippen LogP contribution in [0.15, 0.2) is 56.1 Å². The molecule has 5 aromatic rings. The minimum Gasteiger partial charge on any atom is -0.128 e. The number of aryl methyl sites for hydroxylation is 2. The first kappa shape index (κ1) is 29.0. The number of thiophene rings is 2. The van der Waals surface area contributed by atoms with Crippen molar-refractivity contribution in [2.24, 2.45) is 0 Å². The smallest absolute Gasteiger partial charge is 0.0736 e. The van der Waals surface area contributed by atoms with Crippen LogP contribution in [-0.4, -0.2) is 0 Å². The summed E-state index contributed by atoms with van der Waals surface area (Å²) in [7, 11) is 0. The number of rotatable bonds is 12. The van der Waals surface area contributed by atoms with Crippen LogP contribution in [0.1, 0.15) is 97.2 Å². The van der Waals surface area contributed by atoms with Crippen molar-refractivity contribution >= 4 is 87.2 Å². The van der Waals surface area contributed by atoms with Crippen LogP contribution in [0.25, 0.3) is 32.7 Å². The minimum absolute atomic E-state index is 1.03. The molecule has 0 amide bonds. The van der Waals surface area contributed by atoms with Gasteiger partial charge in [-0.3, -0.25) is 0 Å². The topological polar surface area (TPSA) is 0 Å². The van der Waals surface area contributed by atoms with Crippen molar-refractivity contribution in [3.63, 3.8) is 0 Å². The van der Waals surface area contributed by atoms with Crippen molar-refractivity contribution in [1.82, 2.24) is 0 Å². The predicted molar refractivity (Wildman–Crippen MR) is 193 cm³/mol. The highest BCUT2D eigenvalue weighted by molar-refractivity contribution is 9.11. The molecule has 0 atom stereocenters. The van der Waals surface area contributed by atoms with E-state index in [1.807, 2.05) is 22.7 Å². The Bertz CT molecular complexity index is 1800. The van der Waals surface area contributed by atoms with Gasteiger partial charge in [-0.1, -0.05) is 88.8 Å². The summed E-state index contributed by atoms with van der Waals surface area (Å²) in [6.07, 6.45) is 14.9. The summed E-state index contributed by atoms with van der Waals surface area (Å²) in [4.78, 5) is 2.89. The first-order valence-corrected chi connectivity index (χ1v) is 19.1. The van der Waals surface area contributed by atoms with Gasteiger partial charge in [0, 0.05) is 22.6 Å². The Morgan fingerprint density at radius 2 is 1.05 bits per heavy atom. The molecule has 0 fully saturated rings. The second kappa shape index (κ2) is 12.3. The van der Waals surface area contributed by atoms with Gasteiger partial charge < -0.3 is 0 Å². The fourth-order valence-corrected chi connectivity index (χ4v) is 11.0. The number of hydrogen-bond acceptors (Lipinski definition) is 2. The highest BCUT2D eigenvalue weighted by Gasteiger charge is 2.27. The number of benzene rings is 3. The van der Waals surface area contributed by atoms with Gasteiger partial charge in [-0.2, -0.15) is 0 Å². The summed E-state index contributed by atoms with van der Waals surface area (Å²) in [5, 5.41) is 8.89. The molecule has 0 unspecified atom stereocenters. The molecular weight excluding hydrogens is 680 g/mol. The fraction of sp³-hybridized carbons (Fsp3) is 0.368. The fourth-order valence-electron chi connectivity index (χ4n) is 7.31. The molecule has 7 rings (SSSR count). The van der Waals surface area contributed by atoms with Crippen molar-refractivity contribution in [3.05, 3.63) is 98.5 Å². The zero-order valence-corrected chi connectivity index (χ0v) is 29.5. The van der Waals surface area contributed by atoms with Gasteiger partial charge in [-0.25, -0.2) is 0 Å². The van der Waals surface area contributed by atoms with Crippen LogP contribution in [0.5, 0.6) is 0 Å². The molecule has 0 radical (unpaired) electrons. The third-order valence-electron chi connectivity index (χ3n) is 9.39. The maximum Gasteiger partial charge on any atom is 0.0736 e. The molecule has 3 aromatic carbocycles. The number of unbranched alkanes of at least 4 members (excludes halogenated alkanes) is 6. The quantitative estimate of drug-likeness (QED) is 0.0890. The molecule has 0 saturated heterocycles. The Hall–Kier alpha value is -1.72. The van der Waals surface area contributed by atoms with Gasteiger partial charge >= 0.3 is 0 Å². The van der Waals surface area contributed by atoms with Gasteiger partial charge in [-0.05, 0) is 135 Å². The van der Waals surface area contributed by atoms with Crippen LogP contribution >= 0.6 is 54.5 Å². The van der Waals surface area contributed by atoms with Crippen molar-refractivity contribution in [1.29, 1.82) is 0 Å². The molecule has 2 aromatic heterocycles. The highest BCUT2D eigenvalue weighted by Crippen LogP contribution is 2.41. The first-order valence-electron chi connectivity index (χ1n) is 15.9. The van der Waals surface area contributed by atoms with Crippen LogP contribution in [0.4, 0.5) is 0 Å². The number of hydrogen-bond donors (Lipinski definition) is 0. The van der Waals surface area contributed by atoms with Gasteiger partial charge in [0.15, 0.2) is 0 Å². The molecule has 2 aliphatic carbocycles. The molecule has 0 bridgehead atoms. The van der Waals surface area contributed by atoms with Crippen LogP contribution in [0, 0.1) is 0 Å². The number of fused-ring (bicyclic) bond motifs is 2. The Morgan fingerprint density at radius 3 is 1.48 bits per heavy atom. The molecule has 0 aliphatic heterocycles. The Balaban J connectivity index is 1.40. The van der Waals surface area contributed by atoms with Gasteiger partial charge in [-0.15, -0.1) is 22.7 Å². The Kier molecular flexibility index (Phi) is 8.53. The van der Waals surface area contributed by atoms with Gasteiger partial charge in [0.25, 0.3) is 0 Å². The van der Waals surface area contributed by atoms with Crippen molar-refractivity contribution in [2.45, 2.75) is 90.9 Å². The third-order valence-corrected chi connectivity index (χ3v) is 13.4. The molecule has 0 spiro atoms. The van der Waals surface area contributed by atoms with Crippen molar-refractivity contribution < 1.29 is 0 Å². The second-order valence-electron chi connectivity index (χ2n) is 12.2. The minimum atomic E-state index is 1.03. The molecular formula is C38H38Br2S2. The lowest BCUT2D eigenvalue weighted by atomic mass is 9.96. The lowest BCUT2D eigenvalue weighted by molar-refractivity contribution is 0.667. The van der Waals surface area contributed by atoms with E-state index < -0.39 is 0 Å². The molecule has 2 heterocycles. The van der Waals surface area contributed by atoms with Crippen LogP contribution < -0.4 is 10.4 Å². The molecule has 216 valence electrons. The van der Waals surface area contributed by atoms with E-state index in [0.717, 1.165) is 12.8 Å². The predicted octanol–water partition coefficient (Wildman–Crippen LogP) is 11.4. The average Bonchev–Trinajstić information content (AvgIpc) is 3.76. The van der Waals surface area contributed by atoms with Crippen LogP contribution in [-0.2, 0) is 25.7 Å². The Labute approximate surface area is 274 Å². The van der Waals surface area contributed by atoms with E-state index >= 15 is 0 Å². The maximum absolute atomic E-state index is 3.95. The van der Waals surface area contributed by atoms with Gasteiger partial charge in [0.2, 0.25) is 0 Å². The van der Waals surface area contributed by atoms with E-state index in [4.69, 9.17) is 0 Å². The van der Waals surface area contributed by atoms with E-state index in [9.17, 15) is 0 Å². The standard InChI is InChI=1S/C38H38Br2S2/c1-3-5-7-9-13-25-21-31(41-37(25)39)29-19-23-15-11-18-28-33(23)35(29)27-17-12-16-24-20-30(36(28)34(24)27)32-22-26(38(40)42-32)14-10-8-6-4-2/h11-12,15-18,21-22H,3-10,13-14,19-20H2,1-2H3. The summed E-state index contributed by atoms with van der Waals surface area (Å²) in [5.41, 5.74) is 9.01. The van der Waals surface area contributed by atoms with E-state index in [0.29, 0.717) is 0 Å². The number of halogens is 2. The van der Waals surface area contributed by atoms with Crippen molar-refractivity contribution in [3.8, 4) is 0 Å². The second-order valence-corrected chi connectivity index (χ2v) is 16.9. The Morgan fingerprint density at radius 1 is 0.595 bits per heavy atom. The van der Waals surface area contributed by atoms with Crippen LogP contribution in [0.2, 0.25) is 0 Å². The lowest BCUT2D eigenvalue weighted by Gasteiger charge is -2.07. The summed E-state index contributed by atoms with van der Waals surface area (Å²) in [5.74, 6) is 0. The summed E-state index contributed by atoms with van der Waals surface area (Å²) >= 11 is 11.8. The molecule has 0 saturated carbocycles. The molecule has 0 nitrogen and oxygen atoms in total. The third kappa shape index (κ3) is 5.09. The lowest BCUT2D eigenvalue weighted by Crippen LogP contribution is -2.15. The van der Waals surface area contributed by atoms with Crippen LogP contribution in [0.3, 0.4) is 0 Å². The van der Waals surface area contributed by atoms with E-state index in [1.54, 1.807) is 0 Å². The van der Waals surface area contributed by atoms with E-state index in [1.165, 1.54) is 147 Å². The van der Waals surface area contributed by atoms with E-state index in [2.05, 4.69) is 94.2 Å². The normalized spacial score (nSPS) is 13.9. The molecule has 4 heteroatoms. The monoisotopic (exact) mass is 716 g/mol. The van der Waals surface area contributed by atoms with Crippen molar-refractivity contribution in [2.75, 3.05) is 0 Å². The van der Waals surface area contributed by atoms with Gasteiger partial charge in [0.1, 0.15) is 0 Å². The molecule has 2 aliphatic rings. The maximum atomic E-state index is 3.95. The summed E-state index contributed by atoms with van der Waals surface area (Å²) in [6, 6.07) is 19.2. The van der Waals surface area contributed by atoms with Gasteiger partial charge in [0.05, 0.1) is 7.57 Å². The summed E-state index contributed by atoms with van der Waals surface area (Å²) in [6.45, 7) is 4.58. The first-order chi connectivity index (χ1) is 20.6. The zero-order valence-electron chi connectivity index (χ0n) is 24.7. The largest absolute Gasteiger partial charge is 0.128 e. The SMILES string of the molecule is CCCCCCc1cc(C2=c3c4cccc5c4c(c4cccc(c34)C2)=C(c2cc(CCCCCC)c(Br)s2)C5)sc1Br.